The van der Waals surface area contributed by atoms with Crippen LogP contribution in [0.1, 0.15) is 60.8 Å². The molecule has 1 saturated carbocycles. The van der Waals surface area contributed by atoms with E-state index in [4.69, 9.17) is 9.47 Å². The van der Waals surface area contributed by atoms with Crippen LogP contribution in [0.3, 0.4) is 0 Å². The molecule has 3 aliphatic carbocycles. The molecule has 1 fully saturated rings. The van der Waals surface area contributed by atoms with E-state index in [1.54, 1.807) is 5.57 Å². The summed E-state index contributed by atoms with van der Waals surface area (Å²) >= 11 is 0. The van der Waals surface area contributed by atoms with Gasteiger partial charge in [0.25, 0.3) is 0 Å². The molecule has 0 amide bonds. The Hall–Kier alpha value is -0.340. The van der Waals surface area contributed by atoms with E-state index in [0.717, 1.165) is 38.1 Å². The zero-order valence-electron chi connectivity index (χ0n) is 14.9. The van der Waals surface area contributed by atoms with Gasteiger partial charge in [0.2, 0.25) is 0 Å². The molecule has 21 heavy (non-hydrogen) atoms. The van der Waals surface area contributed by atoms with E-state index in [0.29, 0.717) is 11.3 Å². The van der Waals surface area contributed by atoms with Crippen molar-refractivity contribution in [3.05, 3.63) is 11.6 Å². The van der Waals surface area contributed by atoms with Gasteiger partial charge in [-0.05, 0) is 57.3 Å². The Morgan fingerprint density at radius 2 is 2.10 bits per heavy atom. The highest BCUT2D eigenvalue weighted by molar-refractivity contribution is 5.21. The van der Waals surface area contributed by atoms with E-state index in [1.807, 2.05) is 6.92 Å². The first kappa shape index (κ1) is 17.0. The lowest BCUT2D eigenvalue weighted by Gasteiger charge is -2.55. The van der Waals surface area contributed by atoms with Crippen molar-refractivity contribution in [3.63, 3.8) is 0 Å². The molecular weight excluding hydrogens is 260 g/mol. The Kier molecular flexibility index (Phi) is 5.20. The molecule has 0 aromatic carbocycles. The van der Waals surface area contributed by atoms with Gasteiger partial charge in [0, 0.05) is 12.5 Å². The summed E-state index contributed by atoms with van der Waals surface area (Å²) in [5.41, 5.74) is 2.08. The fourth-order valence-electron chi connectivity index (χ4n) is 3.62. The Bertz CT molecular complexity index is 381. The third-order valence-corrected chi connectivity index (χ3v) is 6.15. The lowest BCUT2D eigenvalue weighted by Crippen LogP contribution is -2.46. The largest absolute Gasteiger partial charge is 0.381 e. The van der Waals surface area contributed by atoms with Crippen LogP contribution < -0.4 is 0 Å². The molecule has 0 aromatic heterocycles. The fraction of sp³-hybridized carbons (Fsp3) is 0.895. The van der Waals surface area contributed by atoms with E-state index in [2.05, 4.69) is 40.7 Å². The average molecular weight is 294 g/mol. The second-order valence-corrected chi connectivity index (χ2v) is 8.15. The van der Waals surface area contributed by atoms with Crippen molar-refractivity contribution < 1.29 is 9.47 Å². The number of hydrogen-bond donors (Lipinski definition) is 0. The summed E-state index contributed by atoms with van der Waals surface area (Å²) in [5.74, 6) is 2.15. The molecule has 0 N–H and O–H groups in total. The van der Waals surface area contributed by atoms with Gasteiger partial charge < -0.3 is 9.47 Å². The summed E-state index contributed by atoms with van der Waals surface area (Å²) < 4.78 is 11.7. The number of hydrogen-bond acceptors (Lipinski definition) is 2. The first-order valence-electron chi connectivity index (χ1n) is 8.68. The lowest BCUT2D eigenvalue weighted by atomic mass is 9.50. The molecule has 3 rings (SSSR count). The number of rotatable bonds is 8. The van der Waals surface area contributed by atoms with Gasteiger partial charge in [-0.15, -0.1) is 0 Å². The highest BCUT2D eigenvalue weighted by atomic mass is 16.5. The van der Waals surface area contributed by atoms with Crippen LogP contribution in [0.5, 0.6) is 0 Å². The molecule has 0 aliphatic heterocycles. The van der Waals surface area contributed by atoms with Crippen LogP contribution >= 0.6 is 0 Å². The van der Waals surface area contributed by atoms with Crippen molar-refractivity contribution in [1.29, 1.82) is 0 Å². The molecule has 2 heteroatoms. The summed E-state index contributed by atoms with van der Waals surface area (Å²) in [6.45, 7) is 15.9. The van der Waals surface area contributed by atoms with Gasteiger partial charge in [-0.25, -0.2) is 0 Å². The Morgan fingerprint density at radius 1 is 1.38 bits per heavy atom. The molecule has 3 unspecified atom stereocenters. The first-order valence-corrected chi connectivity index (χ1v) is 8.68. The predicted molar refractivity (Wildman–Crippen MR) is 88.4 cm³/mol. The monoisotopic (exact) mass is 294 g/mol. The molecule has 0 radical (unpaired) electrons. The highest BCUT2D eigenvalue weighted by Crippen LogP contribution is 2.58. The standard InChI is InChI=1S/C19H34O2/c1-7-20-13-14(2)19(5,6)21-9-8-15-10-16-12-17(11-15)18(16,3)4/h10,14,16-17H,7-9,11-13H2,1-6H3. The normalized spacial score (nSPS) is 28.8. The van der Waals surface area contributed by atoms with E-state index in [1.165, 1.54) is 12.8 Å². The van der Waals surface area contributed by atoms with Crippen molar-refractivity contribution in [2.45, 2.75) is 66.4 Å². The summed E-state index contributed by atoms with van der Waals surface area (Å²) in [6.07, 6.45) is 6.35. The van der Waals surface area contributed by atoms with Gasteiger partial charge in [-0.3, -0.25) is 0 Å². The summed E-state index contributed by atoms with van der Waals surface area (Å²) in [7, 11) is 0. The van der Waals surface area contributed by atoms with Gasteiger partial charge in [0.15, 0.2) is 0 Å². The van der Waals surface area contributed by atoms with Gasteiger partial charge >= 0.3 is 0 Å². The smallest absolute Gasteiger partial charge is 0.0674 e. The molecule has 3 atom stereocenters. The van der Waals surface area contributed by atoms with Gasteiger partial charge in [-0.2, -0.15) is 0 Å². The van der Waals surface area contributed by atoms with Crippen molar-refractivity contribution in [2.24, 2.45) is 23.2 Å². The lowest BCUT2D eigenvalue weighted by molar-refractivity contribution is -0.0771. The minimum absolute atomic E-state index is 0.105. The maximum absolute atomic E-state index is 6.17. The molecule has 0 spiro atoms. The predicted octanol–water partition coefficient (Wildman–Crippen LogP) is 4.84. The second-order valence-electron chi connectivity index (χ2n) is 8.15. The van der Waals surface area contributed by atoms with Crippen LogP contribution in [-0.2, 0) is 9.47 Å². The molecule has 2 bridgehead atoms. The van der Waals surface area contributed by atoms with E-state index >= 15 is 0 Å². The van der Waals surface area contributed by atoms with Crippen LogP contribution in [0.2, 0.25) is 0 Å². The van der Waals surface area contributed by atoms with Crippen LogP contribution in [-0.4, -0.2) is 25.4 Å². The van der Waals surface area contributed by atoms with Crippen LogP contribution in [0.25, 0.3) is 0 Å². The van der Waals surface area contributed by atoms with Crippen LogP contribution in [0, 0.1) is 23.2 Å². The molecule has 0 aromatic rings. The summed E-state index contributed by atoms with van der Waals surface area (Å²) in [4.78, 5) is 0. The Labute approximate surface area is 131 Å². The number of allylic oxidation sites excluding steroid dienone is 1. The maximum Gasteiger partial charge on any atom is 0.0674 e. The molecular formula is C19H34O2. The SMILES string of the molecule is CCOCC(C)C(C)(C)OCCC1=CC2CC(C1)C2(C)C. The topological polar surface area (TPSA) is 18.5 Å². The van der Waals surface area contributed by atoms with Crippen molar-refractivity contribution in [3.8, 4) is 0 Å². The summed E-state index contributed by atoms with van der Waals surface area (Å²) in [6, 6.07) is 0. The summed E-state index contributed by atoms with van der Waals surface area (Å²) in [5, 5.41) is 0. The second kappa shape index (κ2) is 6.42. The van der Waals surface area contributed by atoms with Crippen LogP contribution in [0.4, 0.5) is 0 Å². The molecule has 3 aliphatic rings. The van der Waals surface area contributed by atoms with Crippen molar-refractivity contribution >= 4 is 0 Å². The fourth-order valence-corrected chi connectivity index (χ4v) is 3.62. The molecule has 122 valence electrons. The van der Waals surface area contributed by atoms with Gasteiger partial charge in [0.1, 0.15) is 0 Å². The number of fused-ring (bicyclic) bond motifs is 1. The molecule has 0 saturated heterocycles. The molecule has 2 nitrogen and oxygen atoms in total. The van der Waals surface area contributed by atoms with E-state index in [-0.39, 0.29) is 5.60 Å². The van der Waals surface area contributed by atoms with Gasteiger partial charge in [0.05, 0.1) is 18.8 Å². The van der Waals surface area contributed by atoms with Crippen LogP contribution in [0.15, 0.2) is 11.6 Å². The van der Waals surface area contributed by atoms with E-state index in [9.17, 15) is 0 Å². The maximum atomic E-state index is 6.17. The van der Waals surface area contributed by atoms with E-state index < -0.39 is 0 Å². The molecule has 0 heterocycles. The average Bonchev–Trinajstić information content (AvgIpc) is 2.44. The van der Waals surface area contributed by atoms with Crippen molar-refractivity contribution in [1.82, 2.24) is 0 Å². The third kappa shape index (κ3) is 3.71. The zero-order chi connectivity index (χ0) is 15.7. The van der Waals surface area contributed by atoms with Crippen molar-refractivity contribution in [2.75, 3.05) is 19.8 Å². The van der Waals surface area contributed by atoms with Gasteiger partial charge in [-0.1, -0.05) is 32.4 Å². The first-order chi connectivity index (χ1) is 9.77. The quantitative estimate of drug-likeness (QED) is 0.597. The Morgan fingerprint density at radius 3 is 2.62 bits per heavy atom. The number of ether oxygens (including phenoxy) is 2. The minimum atomic E-state index is -0.105. The zero-order valence-corrected chi connectivity index (χ0v) is 14.9. The Balaban J connectivity index is 1.75. The highest BCUT2D eigenvalue weighted by Gasteiger charge is 2.49. The third-order valence-electron chi connectivity index (χ3n) is 6.15. The minimum Gasteiger partial charge on any atom is -0.381 e.